The van der Waals surface area contributed by atoms with Crippen LogP contribution in [-0.4, -0.2) is 35.8 Å². The Morgan fingerprint density at radius 2 is 1.95 bits per heavy atom. The minimum Gasteiger partial charge on any atom is -0.399 e. The molecule has 1 aromatic carbocycles. The molecule has 5 heteroatoms. The van der Waals surface area contributed by atoms with Crippen molar-refractivity contribution in [2.75, 3.05) is 18.8 Å². The van der Waals surface area contributed by atoms with Gasteiger partial charge in [0.2, 0.25) is 5.91 Å². The normalized spacial score (nSPS) is 21.9. The Hall–Kier alpha value is -2.04. The first kappa shape index (κ1) is 15.4. The molecule has 2 unspecified atom stereocenters. The van der Waals surface area contributed by atoms with Crippen molar-refractivity contribution < 1.29 is 9.59 Å². The van der Waals surface area contributed by atoms with E-state index in [1.807, 2.05) is 4.90 Å². The molecule has 21 heavy (non-hydrogen) atoms. The van der Waals surface area contributed by atoms with Crippen LogP contribution in [0, 0.1) is 5.92 Å². The zero-order valence-corrected chi connectivity index (χ0v) is 12.6. The molecule has 1 heterocycles. The first-order valence-electron chi connectivity index (χ1n) is 7.42. The van der Waals surface area contributed by atoms with E-state index in [2.05, 4.69) is 19.2 Å². The molecule has 2 amide bonds. The van der Waals surface area contributed by atoms with Gasteiger partial charge in [0.25, 0.3) is 5.91 Å². The number of benzene rings is 1. The van der Waals surface area contributed by atoms with Gasteiger partial charge in [0.15, 0.2) is 0 Å². The van der Waals surface area contributed by atoms with Gasteiger partial charge in [-0.25, -0.2) is 0 Å². The van der Waals surface area contributed by atoms with E-state index in [1.165, 1.54) is 0 Å². The number of carbonyl (C=O) groups is 2. The van der Waals surface area contributed by atoms with Crippen LogP contribution in [0.2, 0.25) is 0 Å². The van der Waals surface area contributed by atoms with E-state index in [0.717, 1.165) is 19.4 Å². The van der Waals surface area contributed by atoms with Crippen LogP contribution in [0.5, 0.6) is 0 Å². The fourth-order valence-electron chi connectivity index (χ4n) is 2.68. The molecular formula is C16H23N3O2. The Labute approximate surface area is 125 Å². The van der Waals surface area contributed by atoms with Gasteiger partial charge in [0.1, 0.15) is 0 Å². The summed E-state index contributed by atoms with van der Waals surface area (Å²) < 4.78 is 0. The summed E-state index contributed by atoms with van der Waals surface area (Å²) >= 11 is 0. The smallest absolute Gasteiger partial charge is 0.251 e. The number of hydrogen-bond donors (Lipinski definition) is 2. The number of amides is 2. The van der Waals surface area contributed by atoms with E-state index >= 15 is 0 Å². The Bertz CT molecular complexity index is 513. The maximum atomic E-state index is 12.2. The number of carbonyl (C=O) groups excluding carboxylic acids is 2. The predicted molar refractivity (Wildman–Crippen MR) is 82.8 cm³/mol. The molecule has 1 aliphatic heterocycles. The third-order valence-electron chi connectivity index (χ3n) is 4.27. The molecule has 114 valence electrons. The number of rotatable bonds is 3. The van der Waals surface area contributed by atoms with E-state index in [-0.39, 0.29) is 24.4 Å². The average molecular weight is 289 g/mol. The maximum Gasteiger partial charge on any atom is 0.251 e. The summed E-state index contributed by atoms with van der Waals surface area (Å²) in [4.78, 5) is 26.1. The predicted octanol–water partition coefficient (Wildman–Crippen LogP) is 1.65. The standard InChI is InChI=1S/C16H23N3O2/c1-11-4-3-9-19(12(11)2)15(20)10-18-16(21)13-5-7-14(17)8-6-13/h5-8,11-12H,3-4,9-10,17H2,1-2H3,(H,18,21). The third-order valence-corrected chi connectivity index (χ3v) is 4.27. The zero-order valence-electron chi connectivity index (χ0n) is 12.6. The van der Waals surface area contributed by atoms with Gasteiger partial charge in [-0.3, -0.25) is 9.59 Å². The first-order valence-corrected chi connectivity index (χ1v) is 7.42. The van der Waals surface area contributed by atoms with Crippen molar-refractivity contribution in [3.8, 4) is 0 Å². The van der Waals surface area contributed by atoms with Crippen molar-refractivity contribution in [1.29, 1.82) is 0 Å². The lowest BCUT2D eigenvalue weighted by molar-refractivity contribution is -0.134. The zero-order chi connectivity index (χ0) is 15.4. The lowest BCUT2D eigenvalue weighted by Crippen LogP contribution is -2.49. The van der Waals surface area contributed by atoms with Crippen LogP contribution in [0.15, 0.2) is 24.3 Å². The highest BCUT2D eigenvalue weighted by Gasteiger charge is 2.28. The van der Waals surface area contributed by atoms with Gasteiger partial charge in [-0.2, -0.15) is 0 Å². The molecule has 0 aromatic heterocycles. The number of nitrogens with two attached hydrogens (primary N) is 1. The minimum atomic E-state index is -0.249. The van der Waals surface area contributed by atoms with E-state index in [4.69, 9.17) is 5.73 Å². The summed E-state index contributed by atoms with van der Waals surface area (Å²) in [6, 6.07) is 6.89. The number of hydrogen-bond acceptors (Lipinski definition) is 3. The summed E-state index contributed by atoms with van der Waals surface area (Å²) in [6.07, 6.45) is 2.19. The van der Waals surface area contributed by atoms with Gasteiger partial charge >= 0.3 is 0 Å². The fraction of sp³-hybridized carbons (Fsp3) is 0.500. The van der Waals surface area contributed by atoms with E-state index in [0.29, 0.717) is 17.2 Å². The van der Waals surface area contributed by atoms with E-state index in [9.17, 15) is 9.59 Å². The van der Waals surface area contributed by atoms with Gasteiger partial charge in [-0.05, 0) is 49.9 Å². The van der Waals surface area contributed by atoms with Crippen LogP contribution < -0.4 is 11.1 Å². The summed E-state index contributed by atoms with van der Waals surface area (Å²) in [7, 11) is 0. The van der Waals surface area contributed by atoms with Gasteiger partial charge in [-0.15, -0.1) is 0 Å². The molecule has 1 saturated heterocycles. The molecule has 1 fully saturated rings. The topological polar surface area (TPSA) is 75.4 Å². The molecule has 0 spiro atoms. The van der Waals surface area contributed by atoms with Crippen LogP contribution in [0.3, 0.4) is 0 Å². The highest BCUT2D eigenvalue weighted by molar-refractivity contribution is 5.96. The summed E-state index contributed by atoms with van der Waals surface area (Å²) in [6.45, 7) is 5.06. The number of nitrogens with zero attached hydrogens (tertiary/aromatic N) is 1. The van der Waals surface area contributed by atoms with Crippen LogP contribution in [0.25, 0.3) is 0 Å². The van der Waals surface area contributed by atoms with Crippen molar-refractivity contribution in [3.63, 3.8) is 0 Å². The summed E-state index contributed by atoms with van der Waals surface area (Å²) in [5.74, 6) is 0.245. The van der Waals surface area contributed by atoms with Crippen LogP contribution in [0.1, 0.15) is 37.0 Å². The highest BCUT2D eigenvalue weighted by atomic mass is 16.2. The number of anilines is 1. The molecule has 0 saturated carbocycles. The average Bonchev–Trinajstić information content (AvgIpc) is 2.48. The summed E-state index contributed by atoms with van der Waals surface area (Å²) in [5.41, 5.74) is 6.70. The molecular weight excluding hydrogens is 266 g/mol. The molecule has 0 aliphatic carbocycles. The van der Waals surface area contributed by atoms with Crippen molar-refractivity contribution >= 4 is 17.5 Å². The van der Waals surface area contributed by atoms with E-state index in [1.54, 1.807) is 24.3 Å². The minimum absolute atomic E-state index is 0.0159. The Kier molecular flexibility index (Phi) is 4.83. The number of likely N-dealkylation sites (tertiary alicyclic amines) is 1. The lowest BCUT2D eigenvalue weighted by Gasteiger charge is -2.38. The van der Waals surface area contributed by atoms with Crippen LogP contribution in [-0.2, 0) is 4.79 Å². The molecule has 3 N–H and O–H groups in total. The van der Waals surface area contributed by atoms with Crippen molar-refractivity contribution in [2.24, 2.45) is 5.92 Å². The Morgan fingerprint density at radius 1 is 1.29 bits per heavy atom. The third kappa shape index (κ3) is 3.74. The first-order chi connectivity index (χ1) is 9.99. The summed E-state index contributed by atoms with van der Waals surface area (Å²) in [5, 5.41) is 2.68. The van der Waals surface area contributed by atoms with Crippen molar-refractivity contribution in [1.82, 2.24) is 10.2 Å². The van der Waals surface area contributed by atoms with E-state index < -0.39 is 0 Å². The second kappa shape index (κ2) is 6.61. The largest absolute Gasteiger partial charge is 0.399 e. The van der Waals surface area contributed by atoms with Gasteiger partial charge in [-0.1, -0.05) is 6.92 Å². The van der Waals surface area contributed by atoms with Gasteiger partial charge in [0.05, 0.1) is 6.54 Å². The lowest BCUT2D eigenvalue weighted by atomic mass is 9.92. The number of nitrogens with one attached hydrogen (secondary N) is 1. The fourth-order valence-corrected chi connectivity index (χ4v) is 2.68. The van der Waals surface area contributed by atoms with Crippen LogP contribution in [0.4, 0.5) is 5.69 Å². The quantitative estimate of drug-likeness (QED) is 0.831. The molecule has 5 nitrogen and oxygen atoms in total. The van der Waals surface area contributed by atoms with Crippen molar-refractivity contribution in [2.45, 2.75) is 32.7 Å². The Morgan fingerprint density at radius 3 is 2.62 bits per heavy atom. The monoisotopic (exact) mass is 289 g/mol. The Balaban J connectivity index is 1.88. The number of piperidine rings is 1. The molecule has 2 atom stereocenters. The molecule has 1 aliphatic rings. The maximum absolute atomic E-state index is 12.2. The SMILES string of the molecule is CC1CCCN(C(=O)CNC(=O)c2ccc(N)cc2)C1C. The highest BCUT2D eigenvalue weighted by Crippen LogP contribution is 2.22. The molecule has 1 aromatic rings. The second-order valence-electron chi connectivity index (χ2n) is 5.75. The molecule has 0 radical (unpaired) electrons. The molecule has 0 bridgehead atoms. The second-order valence-corrected chi connectivity index (χ2v) is 5.75. The van der Waals surface area contributed by atoms with Gasteiger partial charge < -0.3 is 16.0 Å². The van der Waals surface area contributed by atoms with Gasteiger partial charge in [0, 0.05) is 23.8 Å². The van der Waals surface area contributed by atoms with Crippen LogP contribution >= 0.6 is 0 Å². The molecule has 2 rings (SSSR count). The van der Waals surface area contributed by atoms with Crippen molar-refractivity contribution in [3.05, 3.63) is 29.8 Å². The number of nitrogen functional groups attached to an aromatic ring is 1.